The normalized spacial score (nSPS) is 11.3. The van der Waals surface area contributed by atoms with Crippen molar-refractivity contribution < 1.29 is 12.8 Å². The molecule has 0 radical (unpaired) electrons. The van der Waals surface area contributed by atoms with Crippen molar-refractivity contribution in [1.29, 1.82) is 0 Å². The molecule has 0 aromatic carbocycles. The van der Waals surface area contributed by atoms with Crippen LogP contribution in [0.25, 0.3) is 0 Å². The van der Waals surface area contributed by atoms with Crippen molar-refractivity contribution in [3.63, 3.8) is 0 Å². The van der Waals surface area contributed by atoms with Crippen LogP contribution in [-0.4, -0.2) is 44.3 Å². The molecule has 0 saturated heterocycles. The first kappa shape index (κ1) is 14.6. The number of sulfonamides is 1. The van der Waals surface area contributed by atoms with Crippen LogP contribution in [0.2, 0.25) is 0 Å². The first-order valence-electron chi connectivity index (χ1n) is 5.37. The van der Waals surface area contributed by atoms with Crippen LogP contribution in [0, 0.1) is 5.82 Å². The fraction of sp³-hybridized carbons (Fsp3) is 0.556. The quantitative estimate of drug-likeness (QED) is 0.608. The molecule has 0 aliphatic carbocycles. The Bertz CT molecular complexity index is 494. The van der Waals surface area contributed by atoms with Gasteiger partial charge in [0.15, 0.2) is 11.6 Å². The Hall–Kier alpha value is -1.48. The molecular weight excluding hydrogens is 261 g/mol. The smallest absolute Gasteiger partial charge is 0.224 e. The summed E-state index contributed by atoms with van der Waals surface area (Å²) < 4.78 is 37.2. The van der Waals surface area contributed by atoms with E-state index in [0.29, 0.717) is 12.5 Å². The summed E-state index contributed by atoms with van der Waals surface area (Å²) >= 11 is 0. The predicted molar refractivity (Wildman–Crippen MR) is 67.5 cm³/mol. The molecule has 0 bridgehead atoms. The highest BCUT2D eigenvalue weighted by atomic mass is 32.2. The molecule has 0 amide bonds. The number of rotatable bonds is 7. The van der Waals surface area contributed by atoms with Crippen LogP contribution in [0.1, 0.15) is 6.92 Å². The van der Waals surface area contributed by atoms with Gasteiger partial charge in [0.25, 0.3) is 0 Å². The van der Waals surface area contributed by atoms with Gasteiger partial charge in [0.1, 0.15) is 0 Å². The van der Waals surface area contributed by atoms with E-state index >= 15 is 0 Å². The Morgan fingerprint density at radius 3 is 2.67 bits per heavy atom. The second kappa shape index (κ2) is 6.45. The van der Waals surface area contributed by atoms with Crippen LogP contribution in [0.3, 0.4) is 0 Å². The number of hydrogen-bond donors (Lipinski definition) is 3. The Morgan fingerprint density at radius 1 is 1.33 bits per heavy atom. The van der Waals surface area contributed by atoms with E-state index in [1.54, 1.807) is 0 Å². The summed E-state index contributed by atoms with van der Waals surface area (Å²) in [7, 11) is -3.23. The molecule has 0 unspecified atom stereocenters. The molecule has 0 spiro atoms. The monoisotopic (exact) mass is 277 g/mol. The van der Waals surface area contributed by atoms with Gasteiger partial charge in [0.2, 0.25) is 16.0 Å². The summed E-state index contributed by atoms with van der Waals surface area (Å²) in [4.78, 5) is 7.66. The summed E-state index contributed by atoms with van der Waals surface area (Å²) in [6.07, 6.45) is 2.11. The van der Waals surface area contributed by atoms with Gasteiger partial charge in [-0.3, -0.25) is 0 Å². The average molecular weight is 277 g/mol. The fourth-order valence-corrected chi connectivity index (χ4v) is 1.62. The standard InChI is InChI=1S/C9H16FN5O2S/c1-3-11-9-13-6-7(10)8(15-9)12-4-5-14-18(2,16)17/h6,14H,3-5H2,1-2H3,(H2,11,12,13,15). The fourth-order valence-electron chi connectivity index (χ4n) is 1.15. The third kappa shape index (κ3) is 5.23. The van der Waals surface area contributed by atoms with Crippen molar-refractivity contribution in [3.8, 4) is 0 Å². The molecule has 0 aliphatic rings. The van der Waals surface area contributed by atoms with E-state index in [-0.39, 0.29) is 18.9 Å². The number of nitrogens with one attached hydrogen (secondary N) is 3. The highest BCUT2D eigenvalue weighted by Gasteiger charge is 2.06. The lowest BCUT2D eigenvalue weighted by Crippen LogP contribution is -2.28. The van der Waals surface area contributed by atoms with Gasteiger partial charge in [-0.15, -0.1) is 0 Å². The van der Waals surface area contributed by atoms with Crippen LogP contribution >= 0.6 is 0 Å². The molecule has 9 heteroatoms. The van der Waals surface area contributed by atoms with E-state index in [9.17, 15) is 12.8 Å². The third-order valence-corrected chi connectivity index (χ3v) is 2.59. The molecule has 0 aliphatic heterocycles. The minimum absolute atomic E-state index is 0.0382. The van der Waals surface area contributed by atoms with Gasteiger partial charge >= 0.3 is 0 Å². The molecular formula is C9H16FN5O2S. The van der Waals surface area contributed by atoms with Gasteiger partial charge in [-0.05, 0) is 6.92 Å². The first-order valence-corrected chi connectivity index (χ1v) is 7.26. The molecule has 1 aromatic rings. The Labute approximate surface area is 105 Å². The summed E-state index contributed by atoms with van der Waals surface area (Å²) in [5.74, 6) is -0.232. The van der Waals surface area contributed by atoms with Gasteiger partial charge in [-0.1, -0.05) is 0 Å². The highest BCUT2D eigenvalue weighted by Crippen LogP contribution is 2.10. The molecule has 0 atom stereocenters. The lowest BCUT2D eigenvalue weighted by atomic mass is 10.5. The summed E-state index contributed by atoms with van der Waals surface area (Å²) in [6.45, 7) is 2.88. The Kier molecular flexibility index (Phi) is 5.23. The number of hydrogen-bond acceptors (Lipinski definition) is 6. The van der Waals surface area contributed by atoms with Crippen molar-refractivity contribution in [3.05, 3.63) is 12.0 Å². The average Bonchev–Trinajstić information content (AvgIpc) is 2.27. The zero-order valence-electron chi connectivity index (χ0n) is 10.2. The van der Waals surface area contributed by atoms with Crippen LogP contribution in [0.5, 0.6) is 0 Å². The van der Waals surface area contributed by atoms with Crippen LogP contribution in [0.15, 0.2) is 6.20 Å². The van der Waals surface area contributed by atoms with E-state index < -0.39 is 15.8 Å². The van der Waals surface area contributed by atoms with Crippen molar-refractivity contribution in [2.45, 2.75) is 6.92 Å². The number of anilines is 2. The summed E-state index contributed by atoms with van der Waals surface area (Å²) in [5.41, 5.74) is 0. The first-order chi connectivity index (χ1) is 8.42. The van der Waals surface area contributed by atoms with Gasteiger partial charge in [-0.2, -0.15) is 4.98 Å². The highest BCUT2D eigenvalue weighted by molar-refractivity contribution is 7.88. The number of nitrogens with zero attached hydrogens (tertiary/aromatic N) is 2. The van der Waals surface area contributed by atoms with E-state index in [1.807, 2.05) is 6.92 Å². The topological polar surface area (TPSA) is 96.0 Å². The molecule has 1 rings (SSSR count). The predicted octanol–water partition coefficient (Wildman–Crippen LogP) is 0.00860. The molecule has 102 valence electrons. The van der Waals surface area contributed by atoms with E-state index in [4.69, 9.17) is 0 Å². The maximum Gasteiger partial charge on any atom is 0.224 e. The molecule has 18 heavy (non-hydrogen) atoms. The second-order valence-electron chi connectivity index (χ2n) is 3.51. The third-order valence-electron chi connectivity index (χ3n) is 1.86. The second-order valence-corrected chi connectivity index (χ2v) is 5.35. The SMILES string of the molecule is CCNc1ncc(F)c(NCCNS(C)(=O)=O)n1. The van der Waals surface area contributed by atoms with Crippen molar-refractivity contribution in [1.82, 2.24) is 14.7 Å². The molecule has 0 fully saturated rings. The Balaban J connectivity index is 2.53. The molecule has 3 N–H and O–H groups in total. The largest absolute Gasteiger partial charge is 0.366 e. The number of aromatic nitrogens is 2. The van der Waals surface area contributed by atoms with Crippen LogP contribution < -0.4 is 15.4 Å². The van der Waals surface area contributed by atoms with Gasteiger partial charge in [0, 0.05) is 19.6 Å². The van der Waals surface area contributed by atoms with Gasteiger partial charge in [0.05, 0.1) is 12.5 Å². The zero-order valence-corrected chi connectivity index (χ0v) is 11.0. The molecule has 1 aromatic heterocycles. The molecule has 0 saturated carbocycles. The van der Waals surface area contributed by atoms with Crippen molar-refractivity contribution in [2.75, 3.05) is 36.5 Å². The summed E-state index contributed by atoms with van der Waals surface area (Å²) in [5, 5.41) is 5.54. The zero-order chi connectivity index (χ0) is 13.6. The van der Waals surface area contributed by atoms with Crippen molar-refractivity contribution >= 4 is 21.8 Å². The molecule has 1 heterocycles. The minimum Gasteiger partial charge on any atom is -0.366 e. The molecule has 7 nitrogen and oxygen atoms in total. The minimum atomic E-state index is -3.23. The lowest BCUT2D eigenvalue weighted by Gasteiger charge is -2.08. The van der Waals surface area contributed by atoms with E-state index in [1.165, 1.54) is 0 Å². The Morgan fingerprint density at radius 2 is 2.06 bits per heavy atom. The number of halogens is 1. The van der Waals surface area contributed by atoms with Gasteiger partial charge < -0.3 is 10.6 Å². The maximum atomic E-state index is 13.3. The maximum absolute atomic E-state index is 13.3. The lowest BCUT2D eigenvalue weighted by molar-refractivity contribution is 0.588. The van der Waals surface area contributed by atoms with Crippen LogP contribution in [0.4, 0.5) is 16.2 Å². The van der Waals surface area contributed by atoms with E-state index in [2.05, 4.69) is 25.3 Å². The van der Waals surface area contributed by atoms with Crippen LogP contribution in [-0.2, 0) is 10.0 Å². The van der Waals surface area contributed by atoms with E-state index in [0.717, 1.165) is 12.5 Å². The summed E-state index contributed by atoms with van der Waals surface area (Å²) in [6, 6.07) is 0. The van der Waals surface area contributed by atoms with Crippen molar-refractivity contribution in [2.24, 2.45) is 0 Å². The van der Waals surface area contributed by atoms with Gasteiger partial charge in [-0.25, -0.2) is 22.5 Å².